The van der Waals surface area contributed by atoms with Crippen molar-refractivity contribution in [2.24, 2.45) is 5.73 Å². The van der Waals surface area contributed by atoms with Crippen molar-refractivity contribution in [3.8, 4) is 11.1 Å². The summed E-state index contributed by atoms with van der Waals surface area (Å²) in [6, 6.07) is 12.2. The lowest BCUT2D eigenvalue weighted by atomic mass is 9.93. The Morgan fingerprint density at radius 2 is 1.91 bits per heavy atom. The highest BCUT2D eigenvalue weighted by atomic mass is 32.2. The number of phosphoric acid groups is 1. The lowest BCUT2D eigenvalue weighted by Crippen LogP contribution is -2.48. The van der Waals surface area contributed by atoms with Crippen molar-refractivity contribution in [2.45, 2.75) is 23.3 Å². The van der Waals surface area contributed by atoms with Crippen LogP contribution in [0.4, 0.5) is 4.39 Å². The van der Waals surface area contributed by atoms with Crippen LogP contribution in [0.5, 0.6) is 0 Å². The number of phosphoric ester groups is 1. The van der Waals surface area contributed by atoms with Gasteiger partial charge in [0.1, 0.15) is 5.82 Å². The van der Waals surface area contributed by atoms with Crippen LogP contribution < -0.4 is 5.73 Å². The zero-order valence-corrected chi connectivity index (χ0v) is 19.2. The number of rotatable bonds is 12. The normalized spacial score (nSPS) is 14.1. The predicted molar refractivity (Wildman–Crippen MR) is 126 cm³/mol. The molecule has 0 saturated heterocycles. The van der Waals surface area contributed by atoms with Gasteiger partial charge in [0.2, 0.25) is 0 Å². The molecule has 5 N–H and O–H groups in total. The molecular formula is C23H27FNO5PS. The summed E-state index contributed by atoms with van der Waals surface area (Å²) < 4.78 is 30.0. The number of thioether (sulfide) groups is 1. The second-order valence-corrected chi connectivity index (χ2v) is 9.62. The Hall–Kier alpha value is -2.03. The average molecular weight is 480 g/mol. The second kappa shape index (κ2) is 11.7. The van der Waals surface area contributed by atoms with Gasteiger partial charge < -0.3 is 20.6 Å². The molecule has 2 rings (SSSR count). The van der Waals surface area contributed by atoms with E-state index in [1.54, 1.807) is 36.4 Å². The van der Waals surface area contributed by atoms with E-state index in [-0.39, 0.29) is 12.2 Å². The lowest BCUT2D eigenvalue weighted by molar-refractivity contribution is 0.102. The summed E-state index contributed by atoms with van der Waals surface area (Å²) in [6.45, 7) is 6.42. The molecule has 0 saturated carbocycles. The van der Waals surface area contributed by atoms with Crippen LogP contribution in [-0.4, -0.2) is 33.6 Å². The number of aryl methyl sites for hydroxylation is 1. The van der Waals surface area contributed by atoms with Crippen molar-refractivity contribution in [2.75, 3.05) is 13.2 Å². The highest BCUT2D eigenvalue weighted by Crippen LogP contribution is 2.37. The molecular weight excluding hydrogens is 452 g/mol. The van der Waals surface area contributed by atoms with Gasteiger partial charge in [-0.3, -0.25) is 4.52 Å². The third-order valence-corrected chi connectivity index (χ3v) is 6.16. The van der Waals surface area contributed by atoms with Crippen LogP contribution in [0.2, 0.25) is 0 Å². The van der Waals surface area contributed by atoms with Crippen LogP contribution >= 0.6 is 19.6 Å². The van der Waals surface area contributed by atoms with Crippen molar-refractivity contribution in [3.05, 3.63) is 90.1 Å². The van der Waals surface area contributed by atoms with Gasteiger partial charge in [0.05, 0.1) is 18.8 Å². The summed E-state index contributed by atoms with van der Waals surface area (Å²) in [5, 5.41) is 9.49. The molecule has 0 heterocycles. The molecule has 0 radical (unpaired) electrons. The minimum atomic E-state index is -4.67. The third-order valence-electron chi connectivity index (χ3n) is 4.67. The van der Waals surface area contributed by atoms with Crippen LogP contribution in [0, 0.1) is 5.82 Å². The van der Waals surface area contributed by atoms with Crippen LogP contribution in [0.15, 0.2) is 83.7 Å². The SMILES string of the molecule is C=C/C=C(\C=C)Sc1ccc(-c2ccc(CCC(N)(CO)COP(=O)(O)O)cc2)c(F)c1. The first-order chi connectivity index (χ1) is 15.1. The molecule has 2 aromatic rings. The van der Waals surface area contributed by atoms with Gasteiger partial charge in [0, 0.05) is 15.4 Å². The van der Waals surface area contributed by atoms with Crippen molar-refractivity contribution in [1.82, 2.24) is 0 Å². The summed E-state index contributed by atoms with van der Waals surface area (Å²) in [5.41, 5.74) is 6.75. The number of aliphatic hydroxyl groups excluding tert-OH is 1. The largest absolute Gasteiger partial charge is 0.469 e. The number of nitrogens with two attached hydrogens (primary N) is 1. The zero-order chi connectivity index (χ0) is 23.8. The molecule has 6 nitrogen and oxygen atoms in total. The quantitative estimate of drug-likeness (QED) is 0.200. The molecule has 172 valence electrons. The van der Waals surface area contributed by atoms with Gasteiger partial charge in [-0.05, 0) is 42.2 Å². The molecule has 0 aliphatic rings. The Bertz CT molecular complexity index is 1020. The van der Waals surface area contributed by atoms with E-state index >= 15 is 0 Å². The fourth-order valence-corrected chi connectivity index (χ4v) is 4.09. The Balaban J connectivity index is 2.07. The van der Waals surface area contributed by atoms with Crippen molar-refractivity contribution in [1.29, 1.82) is 0 Å². The molecule has 0 amide bonds. The van der Waals surface area contributed by atoms with Crippen LogP contribution in [0.25, 0.3) is 11.1 Å². The third kappa shape index (κ3) is 8.15. The molecule has 0 spiro atoms. The fraction of sp³-hybridized carbons (Fsp3) is 0.217. The van der Waals surface area contributed by atoms with Gasteiger partial charge in [0.15, 0.2) is 0 Å². The highest BCUT2D eigenvalue weighted by molar-refractivity contribution is 8.03. The second-order valence-electron chi connectivity index (χ2n) is 7.23. The minimum absolute atomic E-state index is 0.243. The number of aliphatic hydroxyl groups is 1. The topological polar surface area (TPSA) is 113 Å². The summed E-state index contributed by atoms with van der Waals surface area (Å²) >= 11 is 1.39. The monoisotopic (exact) mass is 479 g/mol. The molecule has 0 aromatic heterocycles. The molecule has 9 heteroatoms. The molecule has 0 aliphatic heterocycles. The molecule has 0 fully saturated rings. The Kier molecular flexibility index (Phi) is 9.61. The van der Waals surface area contributed by atoms with Crippen LogP contribution in [-0.2, 0) is 15.5 Å². The summed E-state index contributed by atoms with van der Waals surface area (Å²) in [6.07, 6.45) is 5.82. The first-order valence-electron chi connectivity index (χ1n) is 9.71. The van der Waals surface area contributed by atoms with E-state index in [9.17, 15) is 14.1 Å². The van der Waals surface area contributed by atoms with E-state index in [1.165, 1.54) is 17.8 Å². The van der Waals surface area contributed by atoms with Gasteiger partial charge >= 0.3 is 7.82 Å². The van der Waals surface area contributed by atoms with Gasteiger partial charge in [-0.2, -0.15) is 0 Å². The Morgan fingerprint density at radius 1 is 1.22 bits per heavy atom. The maximum Gasteiger partial charge on any atom is 0.469 e. The summed E-state index contributed by atoms with van der Waals surface area (Å²) in [4.78, 5) is 19.3. The maximum absolute atomic E-state index is 14.7. The number of hydrogen-bond donors (Lipinski definition) is 4. The molecule has 1 unspecified atom stereocenters. The Labute approximate surface area is 191 Å². The minimum Gasteiger partial charge on any atom is -0.394 e. The first-order valence-corrected chi connectivity index (χ1v) is 12.1. The molecule has 2 aromatic carbocycles. The van der Waals surface area contributed by atoms with E-state index in [2.05, 4.69) is 17.7 Å². The van der Waals surface area contributed by atoms with E-state index < -0.39 is 26.6 Å². The molecule has 0 bridgehead atoms. The van der Waals surface area contributed by atoms with Crippen LogP contribution in [0.1, 0.15) is 12.0 Å². The average Bonchev–Trinajstić information content (AvgIpc) is 2.76. The summed E-state index contributed by atoms with van der Waals surface area (Å²) in [7, 11) is -4.67. The van der Waals surface area contributed by atoms with E-state index in [0.29, 0.717) is 17.5 Å². The van der Waals surface area contributed by atoms with E-state index in [1.807, 2.05) is 18.2 Å². The van der Waals surface area contributed by atoms with Gasteiger partial charge in [-0.25, -0.2) is 8.96 Å². The Morgan fingerprint density at radius 3 is 2.44 bits per heavy atom. The molecule has 0 aliphatic carbocycles. The lowest BCUT2D eigenvalue weighted by Gasteiger charge is -2.27. The van der Waals surface area contributed by atoms with E-state index in [0.717, 1.165) is 15.4 Å². The van der Waals surface area contributed by atoms with Gasteiger partial charge in [-0.1, -0.05) is 67.4 Å². The number of halogens is 1. The molecule has 32 heavy (non-hydrogen) atoms. The van der Waals surface area contributed by atoms with Gasteiger partial charge in [0.25, 0.3) is 0 Å². The van der Waals surface area contributed by atoms with Crippen molar-refractivity contribution in [3.63, 3.8) is 0 Å². The van der Waals surface area contributed by atoms with Crippen molar-refractivity contribution < 1.29 is 28.4 Å². The van der Waals surface area contributed by atoms with Crippen molar-refractivity contribution >= 4 is 19.6 Å². The first kappa shape index (κ1) is 26.2. The number of benzene rings is 2. The number of allylic oxidation sites excluding steroid dienone is 3. The predicted octanol–water partition coefficient (Wildman–Crippen LogP) is 4.57. The highest BCUT2D eigenvalue weighted by Gasteiger charge is 2.28. The van der Waals surface area contributed by atoms with E-state index in [4.69, 9.17) is 15.5 Å². The number of hydrogen-bond acceptors (Lipinski definition) is 5. The smallest absolute Gasteiger partial charge is 0.394 e. The van der Waals surface area contributed by atoms with Crippen LogP contribution in [0.3, 0.4) is 0 Å². The van der Waals surface area contributed by atoms with Gasteiger partial charge in [-0.15, -0.1) is 0 Å². The maximum atomic E-state index is 14.7. The standard InChI is InChI=1S/C23H27FNO5PS/c1-3-5-19(4-2)32-20-10-11-21(22(24)14-20)18-8-6-17(7-9-18)12-13-23(25,15-26)16-30-31(27,28)29/h3-11,14,26H,1-2,12-13,15-16,25H2,(H2,27,28,29)/b19-5+. The zero-order valence-electron chi connectivity index (χ0n) is 17.5. The molecule has 1 atom stereocenters. The fourth-order valence-electron chi connectivity index (χ4n) is 2.84. The summed E-state index contributed by atoms with van der Waals surface area (Å²) in [5.74, 6) is -0.347.